The lowest BCUT2D eigenvalue weighted by atomic mass is 10.2. The summed E-state index contributed by atoms with van der Waals surface area (Å²) in [5.74, 6) is 0.332. The molecule has 0 aliphatic rings. The zero-order valence-corrected chi connectivity index (χ0v) is 13.8. The van der Waals surface area contributed by atoms with Gasteiger partial charge < -0.3 is 15.5 Å². The molecule has 0 aliphatic carbocycles. The van der Waals surface area contributed by atoms with Crippen molar-refractivity contribution in [2.75, 3.05) is 0 Å². The van der Waals surface area contributed by atoms with Gasteiger partial charge in [-0.25, -0.2) is 0 Å². The maximum absolute atomic E-state index is 12.1. The minimum Gasteiger partial charge on any atom is -0.459 e. The number of halogens is 1. The van der Waals surface area contributed by atoms with Gasteiger partial charge in [-0.1, -0.05) is 11.6 Å². The van der Waals surface area contributed by atoms with Crippen LogP contribution in [0.4, 0.5) is 0 Å². The maximum Gasteiger partial charge on any atom is 0.267 e. The highest BCUT2D eigenvalue weighted by atomic mass is 35.5. The lowest BCUT2D eigenvalue weighted by molar-refractivity contribution is 0.0944. The number of amides is 2. The van der Waals surface area contributed by atoms with E-state index in [9.17, 15) is 9.59 Å². The number of hydrogen-bond donors (Lipinski definition) is 2. The lowest BCUT2D eigenvalue weighted by Gasteiger charge is -2.04. The summed E-state index contributed by atoms with van der Waals surface area (Å²) in [5, 5.41) is 3.38. The van der Waals surface area contributed by atoms with E-state index in [2.05, 4.69) is 10.3 Å². The first-order valence-electron chi connectivity index (χ1n) is 7.41. The molecule has 0 bridgehead atoms. The van der Waals surface area contributed by atoms with E-state index in [0.29, 0.717) is 22.1 Å². The van der Waals surface area contributed by atoms with Gasteiger partial charge in [-0.2, -0.15) is 0 Å². The van der Waals surface area contributed by atoms with Gasteiger partial charge in [0.1, 0.15) is 17.2 Å². The number of benzene rings is 1. The Morgan fingerprint density at radius 2 is 1.84 bits per heavy atom. The van der Waals surface area contributed by atoms with Gasteiger partial charge in [0.05, 0.1) is 12.1 Å². The molecule has 3 aromatic rings. The van der Waals surface area contributed by atoms with Crippen LogP contribution in [0.1, 0.15) is 26.6 Å². The molecule has 0 fully saturated rings. The number of hydrogen-bond acceptors (Lipinski definition) is 4. The van der Waals surface area contributed by atoms with Gasteiger partial charge in [0.15, 0.2) is 0 Å². The molecule has 0 spiro atoms. The van der Waals surface area contributed by atoms with Gasteiger partial charge >= 0.3 is 0 Å². The average Bonchev–Trinajstić information content (AvgIpc) is 3.09. The average molecular weight is 356 g/mol. The Balaban J connectivity index is 1.62. The Morgan fingerprint density at radius 3 is 2.48 bits per heavy atom. The largest absolute Gasteiger partial charge is 0.459 e. The van der Waals surface area contributed by atoms with Crippen LogP contribution in [0.2, 0.25) is 5.02 Å². The summed E-state index contributed by atoms with van der Waals surface area (Å²) < 4.78 is 5.71. The number of carbonyl (C=O) groups is 2. The molecule has 25 heavy (non-hydrogen) atoms. The molecule has 0 atom stereocenters. The van der Waals surface area contributed by atoms with Gasteiger partial charge in [-0.05, 0) is 48.5 Å². The molecule has 3 N–H and O–H groups in total. The number of carbonyl (C=O) groups excluding carboxylic acids is 2. The highest BCUT2D eigenvalue weighted by molar-refractivity contribution is 6.30. The van der Waals surface area contributed by atoms with Crippen LogP contribution in [0.3, 0.4) is 0 Å². The molecule has 0 aliphatic heterocycles. The van der Waals surface area contributed by atoms with Crippen molar-refractivity contribution in [2.24, 2.45) is 5.73 Å². The van der Waals surface area contributed by atoms with Crippen molar-refractivity contribution in [3.63, 3.8) is 0 Å². The number of nitrogens with two attached hydrogens (primary N) is 1. The van der Waals surface area contributed by atoms with Crippen molar-refractivity contribution in [2.45, 2.75) is 6.54 Å². The first kappa shape index (κ1) is 16.7. The molecule has 2 aromatic heterocycles. The van der Waals surface area contributed by atoms with Crippen LogP contribution in [0.15, 0.2) is 59.1 Å². The highest BCUT2D eigenvalue weighted by Gasteiger charge is 2.10. The van der Waals surface area contributed by atoms with Crippen LogP contribution in [0, 0.1) is 0 Å². The zero-order chi connectivity index (χ0) is 17.8. The van der Waals surface area contributed by atoms with Crippen molar-refractivity contribution >= 4 is 23.4 Å². The van der Waals surface area contributed by atoms with Crippen molar-refractivity contribution in [1.82, 2.24) is 10.3 Å². The molecule has 0 saturated heterocycles. The quantitative estimate of drug-likeness (QED) is 0.734. The number of aromatic nitrogens is 1. The van der Waals surface area contributed by atoms with Crippen LogP contribution >= 0.6 is 11.6 Å². The summed E-state index contributed by atoms with van der Waals surface area (Å²) >= 11 is 5.87. The molecule has 126 valence electrons. The molecule has 6 nitrogen and oxygen atoms in total. The Bertz CT molecular complexity index is 902. The Morgan fingerprint density at radius 1 is 1.08 bits per heavy atom. The summed E-state index contributed by atoms with van der Waals surface area (Å²) in [6.45, 7) is 0.226. The third-order valence-corrected chi connectivity index (χ3v) is 3.74. The van der Waals surface area contributed by atoms with E-state index in [1.807, 2.05) is 18.2 Å². The molecule has 3 rings (SSSR count). The number of nitrogens with zero attached hydrogens (tertiary/aromatic N) is 1. The summed E-state index contributed by atoms with van der Waals surface area (Å²) in [6.07, 6.45) is 1.30. The van der Waals surface area contributed by atoms with Gasteiger partial charge in [0.25, 0.3) is 11.8 Å². The first-order chi connectivity index (χ1) is 12.0. The van der Waals surface area contributed by atoms with E-state index >= 15 is 0 Å². The van der Waals surface area contributed by atoms with Gasteiger partial charge in [-0.15, -0.1) is 0 Å². The number of primary amides is 1. The predicted molar refractivity (Wildman–Crippen MR) is 93.1 cm³/mol. The number of pyridine rings is 1. The minimum atomic E-state index is -0.641. The summed E-state index contributed by atoms with van der Waals surface area (Å²) in [6, 6.07) is 13.8. The van der Waals surface area contributed by atoms with Crippen LogP contribution in [0.25, 0.3) is 11.3 Å². The fourth-order valence-corrected chi connectivity index (χ4v) is 2.31. The van der Waals surface area contributed by atoms with E-state index in [0.717, 1.165) is 5.56 Å². The predicted octanol–water partition coefficient (Wildman–Crippen LogP) is 3.02. The Hall–Kier alpha value is -3.12. The number of nitrogens with one attached hydrogen (secondary N) is 1. The summed E-state index contributed by atoms with van der Waals surface area (Å²) in [7, 11) is 0. The third kappa shape index (κ3) is 4.05. The SMILES string of the molecule is NC(=O)c1ccc(C(=O)NCc2ccc(-c3ccc(Cl)cc3)o2)cn1. The molecule has 0 radical (unpaired) electrons. The topological polar surface area (TPSA) is 98.2 Å². The van der Waals surface area contributed by atoms with E-state index in [1.165, 1.54) is 18.3 Å². The molecular weight excluding hydrogens is 342 g/mol. The fourth-order valence-electron chi connectivity index (χ4n) is 2.19. The molecule has 1 aromatic carbocycles. The second-order valence-corrected chi connectivity index (χ2v) is 5.69. The summed E-state index contributed by atoms with van der Waals surface area (Å²) in [4.78, 5) is 26.9. The van der Waals surface area contributed by atoms with E-state index in [4.69, 9.17) is 21.8 Å². The molecule has 2 amide bonds. The summed E-state index contributed by atoms with van der Waals surface area (Å²) in [5.41, 5.74) is 6.44. The highest BCUT2D eigenvalue weighted by Crippen LogP contribution is 2.23. The zero-order valence-electron chi connectivity index (χ0n) is 13.0. The number of furan rings is 1. The smallest absolute Gasteiger partial charge is 0.267 e. The lowest BCUT2D eigenvalue weighted by Crippen LogP contribution is -2.23. The van der Waals surface area contributed by atoms with Crippen molar-refractivity contribution in [3.05, 3.63) is 76.8 Å². The fraction of sp³-hybridized carbons (Fsp3) is 0.0556. The second kappa shape index (κ2) is 7.19. The van der Waals surface area contributed by atoms with Crippen molar-refractivity contribution in [3.8, 4) is 11.3 Å². The molecule has 0 unspecified atom stereocenters. The van der Waals surface area contributed by atoms with Crippen molar-refractivity contribution in [1.29, 1.82) is 0 Å². The molecule has 7 heteroatoms. The first-order valence-corrected chi connectivity index (χ1v) is 7.79. The molecule has 0 saturated carbocycles. The van der Waals surface area contributed by atoms with E-state index in [-0.39, 0.29) is 18.1 Å². The van der Waals surface area contributed by atoms with Crippen molar-refractivity contribution < 1.29 is 14.0 Å². The van der Waals surface area contributed by atoms with Gasteiger partial charge in [0.2, 0.25) is 0 Å². The van der Waals surface area contributed by atoms with Gasteiger partial charge in [-0.3, -0.25) is 14.6 Å². The standard InChI is InChI=1S/C18H14ClN3O3/c19-13-4-1-11(2-5-13)16-8-6-14(25-16)10-22-18(24)12-3-7-15(17(20)23)21-9-12/h1-9H,10H2,(H2,20,23)(H,22,24). The molecule has 2 heterocycles. The monoisotopic (exact) mass is 355 g/mol. The van der Waals surface area contributed by atoms with E-state index < -0.39 is 5.91 Å². The van der Waals surface area contributed by atoms with E-state index in [1.54, 1.807) is 18.2 Å². The maximum atomic E-state index is 12.1. The molecular formula is C18H14ClN3O3. The van der Waals surface area contributed by atoms with Crippen LogP contribution < -0.4 is 11.1 Å². The van der Waals surface area contributed by atoms with Gasteiger partial charge in [0, 0.05) is 16.8 Å². The normalized spacial score (nSPS) is 10.4. The number of rotatable bonds is 5. The Kier molecular flexibility index (Phi) is 4.81. The van der Waals surface area contributed by atoms with Crippen LogP contribution in [-0.4, -0.2) is 16.8 Å². The van der Waals surface area contributed by atoms with Crippen LogP contribution in [-0.2, 0) is 6.54 Å². The second-order valence-electron chi connectivity index (χ2n) is 5.25. The minimum absolute atomic E-state index is 0.107. The Labute approximate surface area is 148 Å². The third-order valence-electron chi connectivity index (χ3n) is 3.49. The van der Waals surface area contributed by atoms with Crippen LogP contribution in [0.5, 0.6) is 0 Å².